The lowest BCUT2D eigenvalue weighted by atomic mass is 10.1. The van der Waals surface area contributed by atoms with Crippen LogP contribution in [0.25, 0.3) is 6.08 Å². The number of nitrogens with zero attached hydrogens (tertiary/aromatic N) is 1. The molecule has 0 fully saturated rings. The largest absolute Gasteiger partial charge is 0.420 e. The zero-order valence-electron chi connectivity index (χ0n) is 12.5. The van der Waals surface area contributed by atoms with E-state index in [9.17, 15) is 14.0 Å². The van der Waals surface area contributed by atoms with Gasteiger partial charge in [-0.3, -0.25) is 9.78 Å². The third kappa shape index (κ3) is 3.04. The van der Waals surface area contributed by atoms with E-state index in [0.717, 1.165) is 11.1 Å². The normalized spacial score (nSPS) is 13.4. The van der Waals surface area contributed by atoms with Crippen LogP contribution in [0.5, 0.6) is 5.75 Å². The van der Waals surface area contributed by atoms with E-state index in [1.54, 1.807) is 18.5 Å². The Hall–Kier alpha value is -2.82. The minimum absolute atomic E-state index is 0.0799. The number of hydrogen-bond acceptors (Lipinski definition) is 4. The molecule has 0 amide bonds. The molecule has 0 spiro atoms. The molecule has 0 N–H and O–H groups in total. The second-order valence-electron chi connectivity index (χ2n) is 5.31. The molecule has 1 aromatic carbocycles. The number of fused-ring (bicyclic) bond motifs is 1. The van der Waals surface area contributed by atoms with E-state index in [1.807, 2.05) is 13.0 Å². The number of carbonyl (C=O) groups excluding carboxylic acids is 2. The average molecular weight is 311 g/mol. The summed E-state index contributed by atoms with van der Waals surface area (Å²) in [5.74, 6) is -1.55. The van der Waals surface area contributed by atoms with Gasteiger partial charge in [0, 0.05) is 36.0 Å². The number of ether oxygens (including phenoxy) is 1. The first-order chi connectivity index (χ1) is 11.1. The summed E-state index contributed by atoms with van der Waals surface area (Å²) in [4.78, 5) is 27.4. The fourth-order valence-corrected chi connectivity index (χ4v) is 2.51. The quantitative estimate of drug-likeness (QED) is 0.496. The fraction of sp³-hybridized carbons (Fsp3) is 0.167. The molecule has 1 aromatic heterocycles. The van der Waals surface area contributed by atoms with Crippen LogP contribution in [0.1, 0.15) is 33.5 Å². The molecule has 0 saturated heterocycles. The van der Waals surface area contributed by atoms with Crippen molar-refractivity contribution in [2.45, 2.75) is 19.8 Å². The summed E-state index contributed by atoms with van der Waals surface area (Å²) in [7, 11) is 0. The first kappa shape index (κ1) is 15.1. The Morgan fingerprint density at radius 3 is 2.91 bits per heavy atom. The molecule has 0 atom stereocenters. The maximum Gasteiger partial charge on any atom is 0.336 e. The van der Waals surface area contributed by atoms with E-state index in [-0.39, 0.29) is 11.5 Å². The molecule has 23 heavy (non-hydrogen) atoms. The van der Waals surface area contributed by atoms with Crippen molar-refractivity contribution >= 4 is 17.8 Å². The van der Waals surface area contributed by atoms with E-state index in [1.165, 1.54) is 18.2 Å². The van der Waals surface area contributed by atoms with Gasteiger partial charge < -0.3 is 4.74 Å². The van der Waals surface area contributed by atoms with Crippen molar-refractivity contribution in [1.29, 1.82) is 0 Å². The molecule has 1 aliphatic carbocycles. The number of pyridine rings is 1. The van der Waals surface area contributed by atoms with Crippen molar-refractivity contribution in [2.75, 3.05) is 0 Å². The Bertz CT molecular complexity index is 827. The van der Waals surface area contributed by atoms with Crippen molar-refractivity contribution in [1.82, 2.24) is 4.98 Å². The summed E-state index contributed by atoms with van der Waals surface area (Å²) in [6, 6.07) is 4.64. The molecular formula is C18H14FNO3. The predicted molar refractivity (Wildman–Crippen MR) is 82.7 cm³/mol. The Labute approximate surface area is 132 Å². The van der Waals surface area contributed by atoms with Crippen LogP contribution in [0.15, 0.2) is 36.7 Å². The van der Waals surface area contributed by atoms with Crippen molar-refractivity contribution in [3.8, 4) is 5.75 Å². The minimum Gasteiger partial charge on any atom is -0.420 e. The third-order valence-electron chi connectivity index (χ3n) is 3.80. The smallest absolute Gasteiger partial charge is 0.336 e. The topological polar surface area (TPSA) is 56.3 Å². The zero-order chi connectivity index (χ0) is 16.4. The predicted octanol–water partition coefficient (Wildman–Crippen LogP) is 3.28. The van der Waals surface area contributed by atoms with Crippen LogP contribution in [0.3, 0.4) is 0 Å². The maximum atomic E-state index is 14.3. The number of carbonyl (C=O) groups is 2. The number of halogens is 1. The highest BCUT2D eigenvalue weighted by Crippen LogP contribution is 2.30. The molecule has 0 aliphatic heterocycles. The molecule has 4 nitrogen and oxygen atoms in total. The molecule has 1 aliphatic rings. The van der Waals surface area contributed by atoms with E-state index in [4.69, 9.17) is 4.74 Å². The standard InChI is InChI=1S/C18H14FNO3/c1-11-8-9-20-10-12(11)2-7-17(22)23-16-6-4-13-14(18(16)19)3-5-15(13)21/h2,4,6-10H,3,5H2,1H3/b7-2+. The number of benzene rings is 1. The second kappa shape index (κ2) is 6.12. The molecule has 0 unspecified atom stereocenters. The van der Waals surface area contributed by atoms with E-state index in [0.29, 0.717) is 24.0 Å². The van der Waals surface area contributed by atoms with Gasteiger partial charge in [-0.05, 0) is 48.7 Å². The highest BCUT2D eigenvalue weighted by Gasteiger charge is 2.25. The van der Waals surface area contributed by atoms with Gasteiger partial charge in [0.2, 0.25) is 0 Å². The number of esters is 1. The van der Waals surface area contributed by atoms with Gasteiger partial charge in [-0.1, -0.05) is 0 Å². The lowest BCUT2D eigenvalue weighted by Crippen LogP contribution is -2.07. The van der Waals surface area contributed by atoms with E-state index in [2.05, 4.69) is 4.98 Å². The summed E-state index contributed by atoms with van der Waals surface area (Å²) >= 11 is 0. The zero-order valence-corrected chi connectivity index (χ0v) is 12.5. The van der Waals surface area contributed by atoms with Gasteiger partial charge in [-0.2, -0.15) is 0 Å². The van der Waals surface area contributed by atoms with Crippen LogP contribution in [-0.4, -0.2) is 16.7 Å². The first-order valence-corrected chi connectivity index (χ1v) is 7.21. The van der Waals surface area contributed by atoms with E-state index >= 15 is 0 Å². The van der Waals surface area contributed by atoms with Crippen LogP contribution < -0.4 is 4.74 Å². The SMILES string of the molecule is Cc1ccncc1/C=C/C(=O)Oc1ccc2c(c1F)CCC2=O. The molecule has 0 saturated carbocycles. The van der Waals surface area contributed by atoms with Crippen LogP contribution in [0, 0.1) is 12.7 Å². The maximum absolute atomic E-state index is 14.3. The number of ketones is 1. The number of Topliss-reactive ketones (excluding diaryl/α,β-unsaturated/α-hetero) is 1. The second-order valence-corrected chi connectivity index (χ2v) is 5.31. The first-order valence-electron chi connectivity index (χ1n) is 7.21. The lowest BCUT2D eigenvalue weighted by molar-refractivity contribution is -0.129. The van der Waals surface area contributed by atoms with Crippen molar-refractivity contribution in [3.05, 3.63) is 64.7 Å². The molecule has 0 bridgehead atoms. The van der Waals surface area contributed by atoms with Gasteiger partial charge in [0.1, 0.15) is 0 Å². The summed E-state index contributed by atoms with van der Waals surface area (Å²) in [6.07, 6.45) is 6.72. The molecule has 116 valence electrons. The lowest BCUT2D eigenvalue weighted by Gasteiger charge is -2.06. The Balaban J connectivity index is 1.77. The van der Waals surface area contributed by atoms with Gasteiger partial charge in [0.05, 0.1) is 0 Å². The number of aromatic nitrogens is 1. The van der Waals surface area contributed by atoms with E-state index < -0.39 is 11.8 Å². The van der Waals surface area contributed by atoms with Gasteiger partial charge in [-0.15, -0.1) is 0 Å². The summed E-state index contributed by atoms with van der Waals surface area (Å²) < 4.78 is 19.3. The summed E-state index contributed by atoms with van der Waals surface area (Å²) in [5, 5.41) is 0. The van der Waals surface area contributed by atoms with Crippen LogP contribution in [0.2, 0.25) is 0 Å². The highest BCUT2D eigenvalue weighted by atomic mass is 19.1. The van der Waals surface area contributed by atoms with Gasteiger partial charge >= 0.3 is 5.97 Å². The molecule has 3 rings (SSSR count). The minimum atomic E-state index is -0.684. The van der Waals surface area contributed by atoms with Crippen LogP contribution in [-0.2, 0) is 11.2 Å². The number of hydrogen-bond donors (Lipinski definition) is 0. The summed E-state index contributed by atoms with van der Waals surface area (Å²) in [5.41, 5.74) is 2.45. The molecular weight excluding hydrogens is 297 g/mol. The van der Waals surface area contributed by atoms with Crippen molar-refractivity contribution < 1.29 is 18.7 Å². The molecule has 2 aromatic rings. The Morgan fingerprint density at radius 1 is 1.30 bits per heavy atom. The average Bonchev–Trinajstić information content (AvgIpc) is 2.91. The van der Waals surface area contributed by atoms with Crippen LogP contribution >= 0.6 is 0 Å². The van der Waals surface area contributed by atoms with Crippen LogP contribution in [0.4, 0.5) is 4.39 Å². The third-order valence-corrected chi connectivity index (χ3v) is 3.80. The van der Waals surface area contributed by atoms with Gasteiger partial charge in [-0.25, -0.2) is 9.18 Å². The van der Waals surface area contributed by atoms with Gasteiger partial charge in [0.25, 0.3) is 0 Å². The monoisotopic (exact) mass is 311 g/mol. The number of rotatable bonds is 3. The number of aryl methyl sites for hydroxylation is 1. The van der Waals surface area contributed by atoms with Crippen molar-refractivity contribution in [2.24, 2.45) is 0 Å². The molecule has 0 radical (unpaired) electrons. The Kier molecular flexibility index (Phi) is 4.02. The fourth-order valence-electron chi connectivity index (χ4n) is 2.51. The highest BCUT2D eigenvalue weighted by molar-refractivity contribution is 6.00. The molecule has 1 heterocycles. The van der Waals surface area contributed by atoms with Crippen molar-refractivity contribution in [3.63, 3.8) is 0 Å². The van der Waals surface area contributed by atoms with Gasteiger partial charge in [0.15, 0.2) is 17.3 Å². The Morgan fingerprint density at radius 2 is 2.13 bits per heavy atom. The summed E-state index contributed by atoms with van der Waals surface area (Å²) in [6.45, 7) is 1.89. The molecule has 5 heteroatoms.